The number of alkyl carbamates (subject to hydrolysis) is 1. The Hall–Kier alpha value is -0.810. The maximum absolute atomic E-state index is 11.5. The van der Waals surface area contributed by atoms with Crippen molar-refractivity contribution >= 4 is 6.09 Å². The minimum absolute atomic E-state index is 0.133. The molecule has 0 spiro atoms. The van der Waals surface area contributed by atoms with Crippen molar-refractivity contribution in [3.8, 4) is 0 Å². The minimum Gasteiger partial charge on any atom is -0.450 e. The van der Waals surface area contributed by atoms with Crippen LogP contribution in [0.1, 0.15) is 58.8 Å². The molecule has 5 heteroatoms. The molecule has 0 saturated heterocycles. The van der Waals surface area contributed by atoms with Crippen LogP contribution in [-0.4, -0.2) is 42.7 Å². The Morgan fingerprint density at radius 3 is 2.60 bits per heavy atom. The summed E-state index contributed by atoms with van der Waals surface area (Å²) in [5.74, 6) is 0. The van der Waals surface area contributed by atoms with Gasteiger partial charge in [0.1, 0.15) is 0 Å². The van der Waals surface area contributed by atoms with Gasteiger partial charge in [-0.3, -0.25) is 0 Å². The number of amides is 1. The summed E-state index contributed by atoms with van der Waals surface area (Å²) in [6.07, 6.45) is 5.34. The predicted octanol–water partition coefficient (Wildman–Crippen LogP) is 2.61. The van der Waals surface area contributed by atoms with Crippen LogP contribution < -0.4 is 5.32 Å². The number of aliphatic hydroxyl groups excluding tert-OH is 1. The third kappa shape index (κ3) is 4.94. The zero-order valence-corrected chi connectivity index (χ0v) is 13.0. The second kappa shape index (κ2) is 8.47. The number of rotatable bonds is 8. The van der Waals surface area contributed by atoms with Gasteiger partial charge in [0.15, 0.2) is 0 Å². The summed E-state index contributed by atoms with van der Waals surface area (Å²) in [5.41, 5.74) is -0.429. The molecule has 1 aliphatic carbocycles. The highest BCUT2D eigenvalue weighted by Crippen LogP contribution is 2.37. The zero-order chi connectivity index (χ0) is 15.0. The maximum Gasteiger partial charge on any atom is 0.407 e. The Bertz CT molecular complexity index is 290. The van der Waals surface area contributed by atoms with Crippen LogP contribution in [0.3, 0.4) is 0 Å². The molecular weight excluding hydrogens is 258 g/mol. The molecule has 0 aromatic carbocycles. The Labute approximate surface area is 122 Å². The van der Waals surface area contributed by atoms with Crippen molar-refractivity contribution in [3.63, 3.8) is 0 Å². The lowest BCUT2D eigenvalue weighted by Crippen LogP contribution is -2.46. The highest BCUT2D eigenvalue weighted by atomic mass is 16.5. The van der Waals surface area contributed by atoms with Crippen molar-refractivity contribution in [2.24, 2.45) is 0 Å². The lowest BCUT2D eigenvalue weighted by molar-refractivity contribution is -0.102. The Kier molecular flexibility index (Phi) is 7.30. The van der Waals surface area contributed by atoms with Crippen molar-refractivity contribution in [1.82, 2.24) is 5.32 Å². The van der Waals surface area contributed by atoms with E-state index in [1.807, 2.05) is 13.8 Å². The van der Waals surface area contributed by atoms with Gasteiger partial charge in [0.25, 0.3) is 0 Å². The lowest BCUT2D eigenvalue weighted by Gasteiger charge is -2.34. The Morgan fingerprint density at radius 2 is 2.05 bits per heavy atom. The predicted molar refractivity (Wildman–Crippen MR) is 77.7 cm³/mol. The van der Waals surface area contributed by atoms with Gasteiger partial charge in [-0.25, -0.2) is 4.79 Å². The first-order valence-electron chi connectivity index (χ1n) is 7.70. The van der Waals surface area contributed by atoms with Crippen LogP contribution >= 0.6 is 0 Å². The molecular formula is C15H29NO4. The summed E-state index contributed by atoms with van der Waals surface area (Å²) >= 11 is 0. The first-order chi connectivity index (χ1) is 9.54. The molecule has 0 heterocycles. The number of unbranched alkanes of at least 4 members (excludes halogenated alkanes) is 1. The molecule has 2 N–H and O–H groups in total. The van der Waals surface area contributed by atoms with Crippen LogP contribution in [0.25, 0.3) is 0 Å². The summed E-state index contributed by atoms with van der Waals surface area (Å²) in [5, 5.41) is 13.1. The van der Waals surface area contributed by atoms with Crippen LogP contribution in [0.4, 0.5) is 4.79 Å². The first-order valence-corrected chi connectivity index (χ1v) is 7.70. The number of carbonyl (C=O) groups excluding carboxylic acids is 1. The molecule has 0 aliphatic heterocycles. The van der Waals surface area contributed by atoms with E-state index in [2.05, 4.69) is 5.32 Å². The highest BCUT2D eigenvalue weighted by Gasteiger charge is 2.41. The Balaban J connectivity index is 2.33. The van der Waals surface area contributed by atoms with Crippen molar-refractivity contribution in [2.45, 2.75) is 76.5 Å². The van der Waals surface area contributed by atoms with Crippen molar-refractivity contribution in [1.29, 1.82) is 0 Å². The first kappa shape index (κ1) is 17.2. The fraction of sp³-hybridized carbons (Fsp3) is 0.933. The minimum atomic E-state index is -0.555. The molecule has 1 amide bonds. The standard InChI is InChI=1S/C15H29NO4/c1-4-5-10-20-14(18)16-12(2)11-13(17)15(19-3)8-6-7-9-15/h12-13,17H,4-11H2,1-3H3,(H,16,18). The average molecular weight is 287 g/mol. The van der Waals surface area contributed by atoms with Gasteiger partial charge in [0.05, 0.1) is 18.3 Å². The molecule has 20 heavy (non-hydrogen) atoms. The van der Waals surface area contributed by atoms with Crippen LogP contribution in [-0.2, 0) is 9.47 Å². The van der Waals surface area contributed by atoms with Crippen LogP contribution in [0, 0.1) is 0 Å². The van der Waals surface area contributed by atoms with E-state index in [0.717, 1.165) is 38.5 Å². The molecule has 118 valence electrons. The van der Waals surface area contributed by atoms with Gasteiger partial charge in [0, 0.05) is 13.2 Å². The fourth-order valence-electron chi connectivity index (χ4n) is 2.81. The van der Waals surface area contributed by atoms with Crippen LogP contribution in [0.15, 0.2) is 0 Å². The van der Waals surface area contributed by atoms with Gasteiger partial charge in [-0.1, -0.05) is 26.2 Å². The SMILES string of the molecule is CCCCOC(=O)NC(C)CC(O)C1(OC)CCCC1. The van der Waals surface area contributed by atoms with Gasteiger partial charge >= 0.3 is 6.09 Å². The number of nitrogens with one attached hydrogen (secondary N) is 1. The van der Waals surface area contributed by atoms with E-state index in [1.54, 1.807) is 7.11 Å². The molecule has 2 unspecified atom stereocenters. The van der Waals surface area contributed by atoms with Gasteiger partial charge in [-0.2, -0.15) is 0 Å². The highest BCUT2D eigenvalue weighted by molar-refractivity contribution is 5.67. The molecule has 1 fully saturated rings. The van der Waals surface area contributed by atoms with E-state index in [0.29, 0.717) is 13.0 Å². The van der Waals surface area contributed by atoms with Gasteiger partial charge in [-0.05, 0) is 32.6 Å². The molecule has 0 aromatic heterocycles. The van der Waals surface area contributed by atoms with E-state index in [1.165, 1.54) is 0 Å². The van der Waals surface area contributed by atoms with Gasteiger partial charge in [0.2, 0.25) is 0 Å². The van der Waals surface area contributed by atoms with E-state index < -0.39 is 17.8 Å². The number of aliphatic hydroxyl groups is 1. The number of hydrogen-bond acceptors (Lipinski definition) is 4. The summed E-state index contributed by atoms with van der Waals surface area (Å²) in [7, 11) is 1.66. The average Bonchev–Trinajstić information content (AvgIpc) is 2.88. The second-order valence-corrected chi connectivity index (χ2v) is 5.76. The normalized spacial score (nSPS) is 20.4. The largest absolute Gasteiger partial charge is 0.450 e. The molecule has 0 aromatic rings. The summed E-state index contributed by atoms with van der Waals surface area (Å²) in [6.45, 7) is 4.37. The topological polar surface area (TPSA) is 67.8 Å². The molecule has 2 atom stereocenters. The third-order valence-electron chi connectivity index (χ3n) is 4.14. The number of carbonyl (C=O) groups is 1. The monoisotopic (exact) mass is 287 g/mol. The molecule has 1 saturated carbocycles. The number of ether oxygens (including phenoxy) is 2. The number of methoxy groups -OCH3 is 1. The Morgan fingerprint density at radius 1 is 1.40 bits per heavy atom. The summed E-state index contributed by atoms with van der Waals surface area (Å²) in [4.78, 5) is 11.5. The van der Waals surface area contributed by atoms with Gasteiger partial charge < -0.3 is 19.9 Å². The van der Waals surface area contributed by atoms with Crippen LogP contribution in [0.2, 0.25) is 0 Å². The van der Waals surface area contributed by atoms with Gasteiger partial charge in [-0.15, -0.1) is 0 Å². The molecule has 1 aliphatic rings. The van der Waals surface area contributed by atoms with E-state index in [-0.39, 0.29) is 6.04 Å². The molecule has 0 radical (unpaired) electrons. The van der Waals surface area contributed by atoms with E-state index in [9.17, 15) is 9.90 Å². The smallest absolute Gasteiger partial charge is 0.407 e. The quantitative estimate of drug-likeness (QED) is 0.673. The van der Waals surface area contributed by atoms with Crippen molar-refractivity contribution in [2.75, 3.05) is 13.7 Å². The van der Waals surface area contributed by atoms with E-state index >= 15 is 0 Å². The molecule has 5 nitrogen and oxygen atoms in total. The maximum atomic E-state index is 11.5. The van der Waals surface area contributed by atoms with E-state index in [4.69, 9.17) is 9.47 Å². The fourth-order valence-corrected chi connectivity index (χ4v) is 2.81. The lowest BCUT2D eigenvalue weighted by atomic mass is 9.90. The van der Waals surface area contributed by atoms with Crippen molar-refractivity contribution in [3.05, 3.63) is 0 Å². The van der Waals surface area contributed by atoms with Crippen LogP contribution in [0.5, 0.6) is 0 Å². The summed E-state index contributed by atoms with van der Waals surface area (Å²) in [6, 6.07) is -0.133. The third-order valence-corrected chi connectivity index (χ3v) is 4.14. The molecule has 1 rings (SSSR count). The number of hydrogen-bond donors (Lipinski definition) is 2. The zero-order valence-electron chi connectivity index (χ0n) is 13.0. The molecule has 0 bridgehead atoms. The summed E-state index contributed by atoms with van der Waals surface area (Å²) < 4.78 is 10.6. The van der Waals surface area contributed by atoms with Crippen molar-refractivity contribution < 1.29 is 19.4 Å². The second-order valence-electron chi connectivity index (χ2n) is 5.76.